The third-order valence-electron chi connectivity index (χ3n) is 9.88. The number of esters is 3. The van der Waals surface area contributed by atoms with Crippen LogP contribution < -0.4 is 0 Å². The molecule has 0 bridgehead atoms. The lowest BCUT2D eigenvalue weighted by atomic mass is 9.88. The molecule has 3 aliphatic heterocycles. The maximum atomic E-state index is 13.2. The standard InChI is InChI=1S/C30H44O9/c1-2-20(29(32)35-15-18-4-7-23-26(10-18)38-23)12-21(30(33)36-16-19-5-8-24-27(11-19)39-24)13-28(31)34-14-17-3-6-22-25(9-17)37-22/h17-27H,2-16H2,1H3. The molecule has 9 heteroatoms. The Kier molecular flexibility index (Phi) is 8.47. The summed E-state index contributed by atoms with van der Waals surface area (Å²) in [6.07, 6.45) is 11.7. The van der Waals surface area contributed by atoms with Gasteiger partial charge in [-0.2, -0.15) is 0 Å². The molecule has 3 heterocycles. The van der Waals surface area contributed by atoms with E-state index in [1.807, 2.05) is 6.92 Å². The number of hydrogen-bond acceptors (Lipinski definition) is 9. The highest BCUT2D eigenvalue weighted by Crippen LogP contribution is 2.41. The highest BCUT2D eigenvalue weighted by molar-refractivity contribution is 5.81. The number of epoxide rings is 3. The molecule has 218 valence electrons. The van der Waals surface area contributed by atoms with E-state index < -0.39 is 23.8 Å². The Bertz CT molecular complexity index is 907. The van der Waals surface area contributed by atoms with Crippen LogP contribution in [0.5, 0.6) is 0 Å². The maximum absolute atomic E-state index is 13.2. The van der Waals surface area contributed by atoms with Crippen molar-refractivity contribution in [1.29, 1.82) is 0 Å². The van der Waals surface area contributed by atoms with Crippen molar-refractivity contribution in [1.82, 2.24) is 0 Å². The molecule has 9 nitrogen and oxygen atoms in total. The second kappa shape index (κ2) is 12.0. The molecular formula is C30H44O9. The van der Waals surface area contributed by atoms with Crippen LogP contribution in [0.25, 0.3) is 0 Å². The molecule has 11 atom stereocenters. The Morgan fingerprint density at radius 3 is 1.49 bits per heavy atom. The summed E-state index contributed by atoms with van der Waals surface area (Å²) in [5.41, 5.74) is 0. The monoisotopic (exact) mass is 548 g/mol. The van der Waals surface area contributed by atoms with Crippen molar-refractivity contribution in [2.45, 2.75) is 121 Å². The van der Waals surface area contributed by atoms with Gasteiger partial charge in [-0.15, -0.1) is 0 Å². The normalized spacial score (nSPS) is 39.2. The van der Waals surface area contributed by atoms with Gasteiger partial charge in [-0.1, -0.05) is 6.92 Å². The van der Waals surface area contributed by atoms with E-state index in [0.29, 0.717) is 74.7 Å². The fraction of sp³-hybridized carbons (Fsp3) is 0.900. The highest BCUT2D eigenvalue weighted by atomic mass is 16.6. The molecule has 0 aromatic carbocycles. The van der Waals surface area contributed by atoms with Crippen molar-refractivity contribution in [2.24, 2.45) is 29.6 Å². The van der Waals surface area contributed by atoms with E-state index >= 15 is 0 Å². The SMILES string of the molecule is CCC(CC(CC(=O)OCC1CCC2OC2C1)C(=O)OCC1CCC2OC2C1)C(=O)OCC1CCC2OC2C1. The van der Waals surface area contributed by atoms with Gasteiger partial charge in [-0.25, -0.2) is 0 Å². The van der Waals surface area contributed by atoms with Gasteiger partial charge in [0.1, 0.15) is 0 Å². The molecule has 3 saturated carbocycles. The fourth-order valence-corrected chi connectivity index (χ4v) is 7.06. The smallest absolute Gasteiger partial charge is 0.309 e. The van der Waals surface area contributed by atoms with Crippen LogP contribution in [0.3, 0.4) is 0 Å². The zero-order valence-corrected chi connectivity index (χ0v) is 23.1. The summed E-state index contributed by atoms with van der Waals surface area (Å²) in [6, 6.07) is 0. The summed E-state index contributed by atoms with van der Waals surface area (Å²) in [7, 11) is 0. The van der Waals surface area contributed by atoms with Crippen molar-refractivity contribution in [3.05, 3.63) is 0 Å². The first-order valence-electron chi connectivity index (χ1n) is 15.4. The molecule has 0 N–H and O–H groups in total. The number of fused-ring (bicyclic) bond motifs is 3. The van der Waals surface area contributed by atoms with Crippen LogP contribution in [-0.4, -0.2) is 74.4 Å². The zero-order chi connectivity index (χ0) is 26.9. The van der Waals surface area contributed by atoms with Gasteiger partial charge in [0, 0.05) is 0 Å². The average molecular weight is 549 g/mol. The largest absolute Gasteiger partial charge is 0.465 e. The molecule has 0 aromatic heterocycles. The number of carbonyl (C=O) groups is 3. The lowest BCUT2D eigenvalue weighted by Gasteiger charge is -2.24. The van der Waals surface area contributed by atoms with E-state index in [-0.39, 0.29) is 24.7 Å². The van der Waals surface area contributed by atoms with Gasteiger partial charge in [0.25, 0.3) is 0 Å². The van der Waals surface area contributed by atoms with Gasteiger partial charge < -0.3 is 28.4 Å². The third-order valence-corrected chi connectivity index (χ3v) is 9.88. The minimum Gasteiger partial charge on any atom is -0.465 e. The van der Waals surface area contributed by atoms with Gasteiger partial charge in [-0.05, 0) is 88.4 Å². The van der Waals surface area contributed by atoms with E-state index in [0.717, 1.165) is 57.8 Å². The Hall–Kier alpha value is -1.71. The van der Waals surface area contributed by atoms with Crippen molar-refractivity contribution in [3.8, 4) is 0 Å². The first-order chi connectivity index (χ1) is 18.9. The fourth-order valence-electron chi connectivity index (χ4n) is 7.06. The van der Waals surface area contributed by atoms with Crippen LogP contribution in [-0.2, 0) is 42.8 Å². The molecule has 39 heavy (non-hydrogen) atoms. The summed E-state index contributed by atoms with van der Waals surface area (Å²) in [5, 5.41) is 0. The van der Waals surface area contributed by atoms with Crippen molar-refractivity contribution in [3.63, 3.8) is 0 Å². The van der Waals surface area contributed by atoms with E-state index in [4.69, 9.17) is 28.4 Å². The van der Waals surface area contributed by atoms with Crippen LogP contribution in [0.2, 0.25) is 0 Å². The zero-order valence-electron chi connectivity index (χ0n) is 23.1. The van der Waals surface area contributed by atoms with Crippen LogP contribution >= 0.6 is 0 Å². The van der Waals surface area contributed by atoms with Crippen molar-refractivity contribution in [2.75, 3.05) is 19.8 Å². The van der Waals surface area contributed by atoms with Crippen LogP contribution in [0.1, 0.15) is 84.0 Å². The lowest BCUT2D eigenvalue weighted by molar-refractivity contribution is -0.160. The lowest BCUT2D eigenvalue weighted by Crippen LogP contribution is -2.31. The first kappa shape index (κ1) is 27.5. The molecule has 0 amide bonds. The number of rotatable bonds is 13. The van der Waals surface area contributed by atoms with Crippen LogP contribution in [0.15, 0.2) is 0 Å². The summed E-state index contributed by atoms with van der Waals surface area (Å²) in [6.45, 7) is 2.98. The van der Waals surface area contributed by atoms with Crippen LogP contribution in [0, 0.1) is 29.6 Å². The van der Waals surface area contributed by atoms with E-state index in [9.17, 15) is 14.4 Å². The van der Waals surface area contributed by atoms with Crippen molar-refractivity contribution >= 4 is 17.9 Å². The molecule has 11 unspecified atom stereocenters. The topological polar surface area (TPSA) is 116 Å². The summed E-state index contributed by atoms with van der Waals surface area (Å²) < 4.78 is 33.8. The average Bonchev–Trinajstić information content (AvgIpc) is 3.83. The summed E-state index contributed by atoms with van der Waals surface area (Å²) in [5.74, 6) is -1.43. The minimum absolute atomic E-state index is 0.0839. The number of ether oxygens (including phenoxy) is 6. The molecule has 3 aliphatic carbocycles. The molecule has 6 rings (SSSR count). The summed E-state index contributed by atoms with van der Waals surface area (Å²) >= 11 is 0. The summed E-state index contributed by atoms with van der Waals surface area (Å²) in [4.78, 5) is 39.1. The molecule has 0 radical (unpaired) electrons. The number of hydrogen-bond donors (Lipinski definition) is 0. The highest BCUT2D eigenvalue weighted by Gasteiger charge is 2.46. The number of carbonyl (C=O) groups excluding carboxylic acids is 3. The van der Waals surface area contributed by atoms with Crippen LogP contribution in [0.4, 0.5) is 0 Å². The Morgan fingerprint density at radius 1 is 0.615 bits per heavy atom. The molecule has 6 aliphatic rings. The van der Waals surface area contributed by atoms with E-state index in [1.54, 1.807) is 0 Å². The molecular weight excluding hydrogens is 504 g/mol. The van der Waals surface area contributed by atoms with Crippen molar-refractivity contribution < 1.29 is 42.8 Å². The van der Waals surface area contributed by atoms with Gasteiger partial charge >= 0.3 is 17.9 Å². The molecule has 3 saturated heterocycles. The van der Waals surface area contributed by atoms with Gasteiger partial charge in [0.15, 0.2) is 0 Å². The molecule has 6 fully saturated rings. The predicted octanol–water partition coefficient (Wildman–Crippen LogP) is 3.74. The minimum atomic E-state index is -0.735. The first-order valence-corrected chi connectivity index (χ1v) is 15.4. The Labute approximate surface area is 230 Å². The van der Waals surface area contributed by atoms with Gasteiger partial charge in [0.2, 0.25) is 0 Å². The second-order valence-electron chi connectivity index (χ2n) is 12.9. The van der Waals surface area contributed by atoms with Gasteiger partial charge in [-0.3, -0.25) is 14.4 Å². The third kappa shape index (κ3) is 7.33. The van der Waals surface area contributed by atoms with Gasteiger partial charge in [0.05, 0.1) is 74.7 Å². The Balaban J connectivity index is 1.00. The maximum Gasteiger partial charge on any atom is 0.309 e. The molecule has 0 spiro atoms. The van der Waals surface area contributed by atoms with E-state index in [2.05, 4.69) is 0 Å². The quantitative estimate of drug-likeness (QED) is 0.193. The molecule has 0 aromatic rings. The predicted molar refractivity (Wildman–Crippen MR) is 137 cm³/mol. The van der Waals surface area contributed by atoms with E-state index in [1.165, 1.54) is 0 Å². The Morgan fingerprint density at radius 2 is 1.05 bits per heavy atom. The second-order valence-corrected chi connectivity index (χ2v) is 12.9.